The molecule has 0 aromatic heterocycles. The van der Waals surface area contributed by atoms with Crippen molar-refractivity contribution in [2.75, 3.05) is 6.61 Å². The number of hydrogen-bond donors (Lipinski definition) is 1. The van der Waals surface area contributed by atoms with E-state index in [4.69, 9.17) is 4.43 Å². The molecule has 4 nitrogen and oxygen atoms in total. The lowest BCUT2D eigenvalue weighted by molar-refractivity contribution is -0.262. The van der Waals surface area contributed by atoms with E-state index in [2.05, 4.69) is 4.74 Å². The molecule has 0 bridgehead atoms. The number of halogens is 3. The lowest BCUT2D eigenvalue weighted by Crippen LogP contribution is -2.53. The fraction of sp³-hybridized carbons (Fsp3) is 0.800. The van der Waals surface area contributed by atoms with Crippen LogP contribution in [0.1, 0.15) is 41.0 Å². The summed E-state index contributed by atoms with van der Waals surface area (Å²) in [7, 11) is -2.19. The SMILES string of the molecule is CCOC(=O)C(O)(C/C(C)=C/O[Si](C)(C)C(C)(C)C)C(F)(F)F. The molecule has 0 rings (SSSR count). The predicted molar refractivity (Wildman–Crippen MR) is 84.3 cm³/mol. The Bertz CT molecular complexity index is 453. The minimum Gasteiger partial charge on any atom is -0.549 e. The van der Waals surface area contributed by atoms with E-state index in [-0.39, 0.29) is 17.2 Å². The molecule has 0 spiro atoms. The van der Waals surface area contributed by atoms with E-state index in [1.165, 1.54) is 20.1 Å². The minimum absolute atomic E-state index is 0.114. The summed E-state index contributed by atoms with van der Waals surface area (Å²) >= 11 is 0. The summed E-state index contributed by atoms with van der Waals surface area (Å²) in [4.78, 5) is 11.6. The third-order valence-corrected chi connectivity index (χ3v) is 8.30. The minimum atomic E-state index is -5.13. The zero-order valence-electron chi connectivity index (χ0n) is 14.8. The molecule has 0 saturated heterocycles. The van der Waals surface area contributed by atoms with E-state index in [1.54, 1.807) is 0 Å². The number of alkyl halides is 3. The Hall–Kier alpha value is -1.02. The fourth-order valence-corrected chi connectivity index (χ4v) is 2.26. The van der Waals surface area contributed by atoms with Crippen molar-refractivity contribution in [2.24, 2.45) is 0 Å². The Labute approximate surface area is 136 Å². The average molecular weight is 356 g/mol. The molecular formula is C15H27F3O4Si. The number of ether oxygens (including phenoxy) is 1. The van der Waals surface area contributed by atoms with E-state index in [0.29, 0.717) is 0 Å². The number of carbonyl (C=O) groups is 1. The normalized spacial score (nSPS) is 16.7. The Morgan fingerprint density at radius 3 is 2.04 bits per heavy atom. The monoisotopic (exact) mass is 356 g/mol. The van der Waals surface area contributed by atoms with Gasteiger partial charge in [0, 0.05) is 6.42 Å². The van der Waals surface area contributed by atoms with Gasteiger partial charge in [0.05, 0.1) is 12.9 Å². The van der Waals surface area contributed by atoms with Crippen molar-refractivity contribution in [2.45, 2.75) is 70.9 Å². The van der Waals surface area contributed by atoms with Crippen LogP contribution in [0.15, 0.2) is 11.8 Å². The molecule has 0 radical (unpaired) electrons. The van der Waals surface area contributed by atoms with Crippen LogP contribution >= 0.6 is 0 Å². The third-order valence-electron chi connectivity index (χ3n) is 3.98. The second kappa shape index (κ2) is 7.25. The average Bonchev–Trinajstić information content (AvgIpc) is 2.33. The van der Waals surface area contributed by atoms with Crippen molar-refractivity contribution in [3.63, 3.8) is 0 Å². The van der Waals surface area contributed by atoms with E-state index >= 15 is 0 Å². The molecule has 1 atom stereocenters. The first-order valence-corrected chi connectivity index (χ1v) is 10.3. The summed E-state index contributed by atoms with van der Waals surface area (Å²) < 4.78 is 49.3. The lowest BCUT2D eigenvalue weighted by atomic mass is 9.95. The van der Waals surface area contributed by atoms with E-state index in [1.807, 2.05) is 33.9 Å². The lowest BCUT2D eigenvalue weighted by Gasteiger charge is -2.35. The van der Waals surface area contributed by atoms with Crippen LogP contribution in [0.5, 0.6) is 0 Å². The Morgan fingerprint density at radius 2 is 1.70 bits per heavy atom. The van der Waals surface area contributed by atoms with E-state index < -0.39 is 32.5 Å². The number of rotatable bonds is 6. The molecule has 136 valence electrons. The van der Waals surface area contributed by atoms with Crippen molar-refractivity contribution >= 4 is 14.3 Å². The summed E-state index contributed by atoms with van der Waals surface area (Å²) in [6.07, 6.45) is -4.84. The highest BCUT2D eigenvalue weighted by molar-refractivity contribution is 6.74. The molecule has 0 aromatic rings. The maximum Gasteiger partial charge on any atom is 0.428 e. The molecule has 23 heavy (non-hydrogen) atoms. The first-order valence-electron chi connectivity index (χ1n) is 7.38. The molecule has 1 unspecified atom stereocenters. The molecule has 0 fully saturated rings. The van der Waals surface area contributed by atoms with Gasteiger partial charge in [-0.15, -0.1) is 0 Å². The smallest absolute Gasteiger partial charge is 0.428 e. The zero-order valence-corrected chi connectivity index (χ0v) is 15.8. The van der Waals surface area contributed by atoms with Gasteiger partial charge in [-0.05, 0) is 37.6 Å². The highest BCUT2D eigenvalue weighted by atomic mass is 28.4. The quantitative estimate of drug-likeness (QED) is 0.441. The van der Waals surface area contributed by atoms with Crippen LogP contribution in [0, 0.1) is 0 Å². The predicted octanol–water partition coefficient (Wildman–Crippen LogP) is 4.16. The van der Waals surface area contributed by atoms with Crippen LogP contribution in [0.4, 0.5) is 13.2 Å². The third kappa shape index (κ3) is 5.52. The molecule has 0 aromatic carbocycles. The summed E-state index contributed by atoms with van der Waals surface area (Å²) in [6.45, 7) is 12.4. The van der Waals surface area contributed by atoms with E-state index in [0.717, 1.165) is 0 Å². The second-order valence-corrected chi connectivity index (χ2v) is 11.9. The van der Waals surface area contributed by atoms with Crippen LogP contribution in [-0.2, 0) is 14.0 Å². The highest BCUT2D eigenvalue weighted by Gasteiger charge is 2.60. The topological polar surface area (TPSA) is 55.8 Å². The zero-order chi connectivity index (χ0) is 18.7. The molecule has 1 N–H and O–H groups in total. The van der Waals surface area contributed by atoms with Gasteiger partial charge in [-0.1, -0.05) is 20.8 Å². The van der Waals surface area contributed by atoms with Crippen molar-refractivity contribution in [1.29, 1.82) is 0 Å². The van der Waals surface area contributed by atoms with Gasteiger partial charge in [-0.2, -0.15) is 13.2 Å². The van der Waals surface area contributed by atoms with Crippen LogP contribution in [-0.4, -0.2) is 37.8 Å². The fourth-order valence-electron chi connectivity index (χ4n) is 1.41. The second-order valence-electron chi connectivity index (χ2n) is 7.10. The molecule has 0 saturated carbocycles. The summed E-state index contributed by atoms with van der Waals surface area (Å²) in [5, 5.41) is 9.70. The van der Waals surface area contributed by atoms with Crippen LogP contribution in [0.2, 0.25) is 18.1 Å². The molecule has 8 heteroatoms. The van der Waals surface area contributed by atoms with E-state index in [9.17, 15) is 23.1 Å². The van der Waals surface area contributed by atoms with Crippen molar-refractivity contribution in [3.05, 3.63) is 11.8 Å². The van der Waals surface area contributed by atoms with Gasteiger partial charge in [0.1, 0.15) is 0 Å². The van der Waals surface area contributed by atoms with Crippen LogP contribution < -0.4 is 0 Å². The largest absolute Gasteiger partial charge is 0.549 e. The molecule has 0 aliphatic heterocycles. The van der Waals surface area contributed by atoms with Crippen molar-refractivity contribution in [1.82, 2.24) is 0 Å². The number of carbonyl (C=O) groups excluding carboxylic acids is 1. The Kier molecular flexibility index (Phi) is 6.93. The molecule has 0 heterocycles. The first kappa shape index (κ1) is 22.0. The number of hydrogen-bond acceptors (Lipinski definition) is 4. The van der Waals surface area contributed by atoms with Crippen molar-refractivity contribution < 1.29 is 32.2 Å². The maximum atomic E-state index is 13.1. The number of aliphatic hydroxyl groups is 1. The van der Waals surface area contributed by atoms with Gasteiger partial charge in [-0.3, -0.25) is 0 Å². The van der Waals surface area contributed by atoms with Crippen LogP contribution in [0.3, 0.4) is 0 Å². The van der Waals surface area contributed by atoms with Crippen molar-refractivity contribution in [3.8, 4) is 0 Å². The Balaban J connectivity index is 5.31. The molecule has 0 aliphatic rings. The maximum absolute atomic E-state index is 13.1. The Morgan fingerprint density at radius 1 is 1.22 bits per heavy atom. The molecular weight excluding hydrogens is 329 g/mol. The summed E-state index contributed by atoms with van der Waals surface area (Å²) in [6, 6.07) is 0. The van der Waals surface area contributed by atoms with Gasteiger partial charge in [0.15, 0.2) is 0 Å². The van der Waals surface area contributed by atoms with Gasteiger partial charge < -0.3 is 14.3 Å². The van der Waals surface area contributed by atoms with Gasteiger partial charge >= 0.3 is 12.1 Å². The number of esters is 1. The first-order chi connectivity index (χ1) is 10.1. The van der Waals surface area contributed by atoms with Crippen LogP contribution in [0.25, 0.3) is 0 Å². The highest BCUT2D eigenvalue weighted by Crippen LogP contribution is 2.39. The molecule has 0 amide bonds. The van der Waals surface area contributed by atoms with Gasteiger partial charge in [-0.25, -0.2) is 4.79 Å². The summed E-state index contributed by atoms with van der Waals surface area (Å²) in [5.74, 6) is -1.70. The summed E-state index contributed by atoms with van der Waals surface area (Å²) in [5.41, 5.74) is -3.46. The molecule has 0 aliphatic carbocycles. The van der Waals surface area contributed by atoms with Gasteiger partial charge in [0.25, 0.3) is 5.60 Å². The van der Waals surface area contributed by atoms with Gasteiger partial charge in [0.2, 0.25) is 8.32 Å². The standard InChI is InChI=1S/C15H27F3O4Si/c1-8-21-12(19)14(20,15(16,17)18)9-11(2)10-22-23(6,7)13(3,4)5/h10,20H,8-9H2,1-7H3/b11-10+.